The molecule has 0 spiro atoms. The van der Waals surface area contributed by atoms with Gasteiger partial charge in [0, 0.05) is 24.3 Å². The Morgan fingerprint density at radius 1 is 0.969 bits per heavy atom. The van der Waals surface area contributed by atoms with Crippen LogP contribution in [0.2, 0.25) is 0 Å². The van der Waals surface area contributed by atoms with Crippen molar-refractivity contribution in [3.05, 3.63) is 96.6 Å². The normalized spacial score (nSPS) is 11.2. The molecule has 0 bridgehead atoms. The van der Waals surface area contributed by atoms with Gasteiger partial charge in [0.05, 0.1) is 11.3 Å². The summed E-state index contributed by atoms with van der Waals surface area (Å²) in [7, 11) is 0. The first-order chi connectivity index (χ1) is 15.3. The first kappa shape index (κ1) is 21.0. The summed E-state index contributed by atoms with van der Waals surface area (Å²) in [6.45, 7) is 0. The second kappa shape index (κ2) is 8.46. The van der Waals surface area contributed by atoms with Gasteiger partial charge in [0.1, 0.15) is 11.5 Å². The number of hydrogen-bond donors (Lipinski definition) is 2. The van der Waals surface area contributed by atoms with Crippen molar-refractivity contribution < 1.29 is 27.8 Å². The Hall–Kier alpha value is -4.27. The van der Waals surface area contributed by atoms with E-state index in [2.05, 4.69) is 10.3 Å². The highest BCUT2D eigenvalue weighted by molar-refractivity contribution is 6.05. The number of ether oxygens (including phenoxy) is 1. The number of rotatable bonds is 5. The van der Waals surface area contributed by atoms with E-state index in [0.29, 0.717) is 11.4 Å². The lowest BCUT2D eigenvalue weighted by Gasteiger charge is -2.14. The van der Waals surface area contributed by atoms with Gasteiger partial charge in [0.2, 0.25) is 0 Å². The first-order valence-electron chi connectivity index (χ1n) is 9.40. The zero-order valence-corrected chi connectivity index (χ0v) is 16.4. The highest BCUT2D eigenvalue weighted by Gasteiger charge is 2.34. The molecular formula is C23H16F3N3O3. The molecule has 1 amide bonds. The summed E-state index contributed by atoms with van der Waals surface area (Å²) >= 11 is 0. The summed E-state index contributed by atoms with van der Waals surface area (Å²) in [6.07, 6.45) is 0.284. The maximum absolute atomic E-state index is 13.1. The number of benzene rings is 2. The van der Waals surface area contributed by atoms with E-state index >= 15 is 0 Å². The smallest absolute Gasteiger partial charge is 0.419 e. The number of hydrogen-bond acceptors (Lipinski definition) is 4. The summed E-state index contributed by atoms with van der Waals surface area (Å²) in [5, 5.41) is 13.0. The first-order valence-corrected chi connectivity index (χ1v) is 9.40. The fourth-order valence-electron chi connectivity index (χ4n) is 3.03. The molecule has 0 saturated carbocycles. The Morgan fingerprint density at radius 2 is 1.66 bits per heavy atom. The van der Waals surface area contributed by atoms with Crippen LogP contribution in [0.15, 0.2) is 85.3 Å². The number of amides is 1. The van der Waals surface area contributed by atoms with Crippen LogP contribution in [0.5, 0.6) is 17.2 Å². The maximum Gasteiger partial charge on any atom is 0.419 e. The Labute approximate surface area is 180 Å². The van der Waals surface area contributed by atoms with Crippen molar-refractivity contribution in [1.29, 1.82) is 0 Å². The molecule has 9 heteroatoms. The van der Waals surface area contributed by atoms with Gasteiger partial charge in [0.15, 0.2) is 11.4 Å². The largest absolute Gasteiger partial charge is 0.504 e. The van der Waals surface area contributed by atoms with Crippen LogP contribution in [0.4, 0.5) is 18.9 Å². The highest BCUT2D eigenvalue weighted by atomic mass is 19.4. The Bertz CT molecular complexity index is 1240. The zero-order valence-electron chi connectivity index (χ0n) is 16.4. The van der Waals surface area contributed by atoms with Crippen molar-refractivity contribution in [3.63, 3.8) is 0 Å². The SMILES string of the molecule is O=C(Nc1ccc(Oc2ccccc2C(F)(F)F)cc1)c1nccc(-n2cccc2)c1O. The monoisotopic (exact) mass is 439 g/mol. The zero-order chi connectivity index (χ0) is 22.7. The van der Waals surface area contributed by atoms with Crippen molar-refractivity contribution in [3.8, 4) is 22.9 Å². The number of alkyl halides is 3. The minimum Gasteiger partial charge on any atom is -0.504 e. The van der Waals surface area contributed by atoms with Gasteiger partial charge in [0.25, 0.3) is 5.91 Å². The molecule has 4 aromatic rings. The van der Waals surface area contributed by atoms with Crippen molar-refractivity contribution in [2.75, 3.05) is 5.32 Å². The van der Waals surface area contributed by atoms with E-state index in [1.807, 2.05) is 0 Å². The Balaban J connectivity index is 1.50. The minimum atomic E-state index is -4.55. The third kappa shape index (κ3) is 4.41. The molecule has 2 aromatic carbocycles. The van der Waals surface area contributed by atoms with Crippen molar-refractivity contribution in [1.82, 2.24) is 9.55 Å². The topological polar surface area (TPSA) is 76.4 Å². The molecule has 2 heterocycles. The standard InChI is InChI=1S/C23H16F3N3O3/c24-23(25,26)17-5-1-2-6-19(17)32-16-9-7-15(8-10-16)28-22(31)20-21(30)18(11-12-27-20)29-13-3-4-14-29/h1-14,30H,(H,28,31). The van der Waals surface area contributed by atoms with Crippen LogP contribution in [0, 0.1) is 0 Å². The molecule has 0 aliphatic rings. The predicted molar refractivity (Wildman–Crippen MR) is 111 cm³/mol. The summed E-state index contributed by atoms with van der Waals surface area (Å²) < 4.78 is 46.4. The second-order valence-corrected chi connectivity index (χ2v) is 6.69. The molecule has 0 aliphatic heterocycles. The van der Waals surface area contributed by atoms with Crippen LogP contribution >= 0.6 is 0 Å². The number of para-hydroxylation sites is 1. The van der Waals surface area contributed by atoms with E-state index in [9.17, 15) is 23.1 Å². The molecule has 0 fully saturated rings. The van der Waals surface area contributed by atoms with E-state index in [4.69, 9.17) is 4.74 Å². The molecule has 0 saturated heterocycles. The Kier molecular flexibility index (Phi) is 5.55. The van der Waals surface area contributed by atoms with Crippen LogP contribution in [0.1, 0.15) is 16.1 Å². The highest BCUT2D eigenvalue weighted by Crippen LogP contribution is 2.38. The fraction of sp³-hybridized carbons (Fsp3) is 0.0435. The number of anilines is 1. The quantitative estimate of drug-likeness (QED) is 0.422. The molecule has 32 heavy (non-hydrogen) atoms. The van der Waals surface area contributed by atoms with Crippen molar-refractivity contribution in [2.24, 2.45) is 0 Å². The predicted octanol–water partition coefficient (Wildman–Crippen LogP) is 5.64. The maximum atomic E-state index is 13.1. The van der Waals surface area contributed by atoms with Gasteiger partial charge in [-0.05, 0) is 54.6 Å². The van der Waals surface area contributed by atoms with Gasteiger partial charge >= 0.3 is 6.18 Å². The van der Waals surface area contributed by atoms with E-state index in [1.165, 1.54) is 48.7 Å². The molecule has 0 atom stereocenters. The molecule has 4 rings (SSSR count). The van der Waals surface area contributed by atoms with E-state index < -0.39 is 17.6 Å². The minimum absolute atomic E-state index is 0.162. The third-order valence-corrected chi connectivity index (χ3v) is 4.53. The summed E-state index contributed by atoms with van der Waals surface area (Å²) in [6, 6.07) is 15.8. The number of nitrogens with one attached hydrogen (secondary N) is 1. The van der Waals surface area contributed by atoms with Crippen LogP contribution in [-0.2, 0) is 6.18 Å². The molecule has 162 valence electrons. The van der Waals surface area contributed by atoms with Gasteiger partial charge in [-0.25, -0.2) is 4.98 Å². The molecule has 0 unspecified atom stereocenters. The Morgan fingerprint density at radius 3 is 2.34 bits per heavy atom. The third-order valence-electron chi connectivity index (χ3n) is 4.53. The molecular weight excluding hydrogens is 423 g/mol. The number of aromatic hydroxyl groups is 1. The summed E-state index contributed by atoms with van der Waals surface area (Å²) in [5.74, 6) is -1.10. The van der Waals surface area contributed by atoms with Crippen molar-refractivity contribution >= 4 is 11.6 Å². The van der Waals surface area contributed by atoms with Gasteiger partial charge < -0.3 is 19.7 Å². The lowest BCUT2D eigenvalue weighted by atomic mass is 10.2. The molecule has 2 aromatic heterocycles. The van der Waals surface area contributed by atoms with Crippen LogP contribution in [-0.4, -0.2) is 20.6 Å². The average molecular weight is 439 g/mol. The summed E-state index contributed by atoms with van der Waals surface area (Å²) in [4.78, 5) is 16.5. The number of carbonyl (C=O) groups is 1. The van der Waals surface area contributed by atoms with Gasteiger partial charge in [-0.15, -0.1) is 0 Å². The number of carbonyl (C=O) groups excluding carboxylic acids is 1. The number of aromatic nitrogens is 2. The van der Waals surface area contributed by atoms with E-state index in [0.717, 1.165) is 6.07 Å². The van der Waals surface area contributed by atoms with E-state index in [-0.39, 0.29) is 22.9 Å². The fourth-order valence-corrected chi connectivity index (χ4v) is 3.03. The molecule has 0 aliphatic carbocycles. The van der Waals surface area contributed by atoms with Gasteiger partial charge in [-0.2, -0.15) is 13.2 Å². The molecule has 0 radical (unpaired) electrons. The van der Waals surface area contributed by atoms with Gasteiger partial charge in [-0.1, -0.05) is 12.1 Å². The van der Waals surface area contributed by atoms with Crippen molar-refractivity contribution in [2.45, 2.75) is 6.18 Å². The van der Waals surface area contributed by atoms with Crippen LogP contribution < -0.4 is 10.1 Å². The van der Waals surface area contributed by atoms with Crippen LogP contribution in [0.25, 0.3) is 5.69 Å². The van der Waals surface area contributed by atoms with Gasteiger partial charge in [-0.3, -0.25) is 4.79 Å². The molecule has 2 N–H and O–H groups in total. The molecule has 6 nitrogen and oxygen atoms in total. The van der Waals surface area contributed by atoms with E-state index in [1.54, 1.807) is 35.2 Å². The number of nitrogens with zero attached hydrogens (tertiary/aromatic N) is 2. The lowest BCUT2D eigenvalue weighted by Crippen LogP contribution is -2.14. The summed E-state index contributed by atoms with van der Waals surface area (Å²) in [5.41, 5.74) is -0.321. The van der Waals surface area contributed by atoms with Crippen LogP contribution in [0.3, 0.4) is 0 Å². The number of halogens is 3. The lowest BCUT2D eigenvalue weighted by molar-refractivity contribution is -0.138. The average Bonchev–Trinajstić information content (AvgIpc) is 3.29. The second-order valence-electron chi connectivity index (χ2n) is 6.69. The number of pyridine rings is 1.